The van der Waals surface area contributed by atoms with Crippen LogP contribution in [0.3, 0.4) is 0 Å². The van der Waals surface area contributed by atoms with Crippen molar-refractivity contribution >= 4 is 21.4 Å². The normalized spacial score (nSPS) is 21.3. The van der Waals surface area contributed by atoms with Crippen LogP contribution in [0.4, 0.5) is 0 Å². The van der Waals surface area contributed by atoms with Gasteiger partial charge < -0.3 is 9.84 Å². The van der Waals surface area contributed by atoms with Crippen LogP contribution >= 0.6 is 11.6 Å². The molecular formula is C13H18ClNO4S. The number of benzene rings is 1. The molecular weight excluding hydrogens is 302 g/mol. The quantitative estimate of drug-likeness (QED) is 0.914. The molecule has 1 atom stereocenters. The summed E-state index contributed by atoms with van der Waals surface area (Å²) in [6.07, 6.45) is 0.655. The van der Waals surface area contributed by atoms with Gasteiger partial charge in [-0.25, -0.2) is 8.42 Å². The van der Waals surface area contributed by atoms with E-state index in [0.717, 1.165) is 5.56 Å². The maximum atomic E-state index is 11.5. The molecule has 1 aromatic carbocycles. The zero-order valence-corrected chi connectivity index (χ0v) is 13.0. The SMILES string of the molecule is COc1cc(CN(C)C2CCS(=O)(=O)C2)cc(Cl)c1O. The van der Waals surface area contributed by atoms with Crippen molar-refractivity contribution < 1.29 is 18.3 Å². The van der Waals surface area contributed by atoms with E-state index < -0.39 is 9.84 Å². The molecule has 0 aromatic heterocycles. The molecule has 1 aliphatic rings. The van der Waals surface area contributed by atoms with E-state index in [2.05, 4.69) is 0 Å². The molecule has 1 N–H and O–H groups in total. The smallest absolute Gasteiger partial charge is 0.176 e. The summed E-state index contributed by atoms with van der Waals surface area (Å²) in [4.78, 5) is 1.99. The molecule has 2 rings (SSSR count). The zero-order valence-electron chi connectivity index (χ0n) is 11.5. The molecule has 0 radical (unpaired) electrons. The highest BCUT2D eigenvalue weighted by molar-refractivity contribution is 7.91. The fourth-order valence-corrected chi connectivity index (χ4v) is 4.45. The summed E-state index contributed by atoms with van der Waals surface area (Å²) in [6, 6.07) is 3.40. The van der Waals surface area contributed by atoms with Gasteiger partial charge in [0.2, 0.25) is 0 Å². The minimum atomic E-state index is -2.89. The van der Waals surface area contributed by atoms with Crippen molar-refractivity contribution in [1.82, 2.24) is 4.90 Å². The highest BCUT2D eigenvalue weighted by Crippen LogP contribution is 2.35. The Morgan fingerprint density at radius 3 is 2.75 bits per heavy atom. The summed E-state index contributed by atoms with van der Waals surface area (Å²) >= 11 is 5.94. The topological polar surface area (TPSA) is 66.8 Å². The molecule has 1 unspecified atom stereocenters. The van der Waals surface area contributed by atoms with Crippen LogP contribution in [0.2, 0.25) is 5.02 Å². The van der Waals surface area contributed by atoms with E-state index in [4.69, 9.17) is 16.3 Å². The third-order valence-electron chi connectivity index (χ3n) is 3.57. The van der Waals surface area contributed by atoms with Crippen molar-refractivity contribution in [2.24, 2.45) is 0 Å². The zero-order chi connectivity index (χ0) is 14.9. The second kappa shape index (κ2) is 5.79. The van der Waals surface area contributed by atoms with Gasteiger partial charge in [-0.15, -0.1) is 0 Å². The van der Waals surface area contributed by atoms with Gasteiger partial charge in [-0.3, -0.25) is 4.90 Å². The number of hydrogen-bond donors (Lipinski definition) is 1. The second-order valence-corrected chi connectivity index (χ2v) is 7.74. The number of hydrogen-bond acceptors (Lipinski definition) is 5. The molecule has 5 nitrogen and oxygen atoms in total. The van der Waals surface area contributed by atoms with Crippen molar-refractivity contribution in [3.63, 3.8) is 0 Å². The third-order valence-corrected chi connectivity index (χ3v) is 5.61. The molecule has 1 aliphatic heterocycles. The molecule has 1 fully saturated rings. The summed E-state index contributed by atoms with van der Waals surface area (Å²) in [5, 5.41) is 9.91. The highest BCUT2D eigenvalue weighted by Gasteiger charge is 2.30. The number of phenols is 1. The van der Waals surface area contributed by atoms with Gasteiger partial charge in [-0.05, 0) is 31.2 Å². The Morgan fingerprint density at radius 1 is 1.50 bits per heavy atom. The lowest BCUT2D eigenvalue weighted by Gasteiger charge is -2.23. The van der Waals surface area contributed by atoms with E-state index in [9.17, 15) is 13.5 Å². The summed E-state index contributed by atoms with van der Waals surface area (Å²) in [5.41, 5.74) is 0.872. The molecule has 0 bridgehead atoms. The van der Waals surface area contributed by atoms with Crippen molar-refractivity contribution in [2.75, 3.05) is 25.7 Å². The van der Waals surface area contributed by atoms with E-state index in [0.29, 0.717) is 18.7 Å². The van der Waals surface area contributed by atoms with Crippen molar-refractivity contribution in [2.45, 2.75) is 19.0 Å². The van der Waals surface area contributed by atoms with Crippen LogP contribution in [0.1, 0.15) is 12.0 Å². The second-order valence-electron chi connectivity index (χ2n) is 5.10. The van der Waals surface area contributed by atoms with E-state index in [-0.39, 0.29) is 28.3 Å². The Morgan fingerprint density at radius 2 is 2.20 bits per heavy atom. The number of rotatable bonds is 4. The Balaban J connectivity index is 2.12. The van der Waals surface area contributed by atoms with Gasteiger partial charge >= 0.3 is 0 Å². The van der Waals surface area contributed by atoms with E-state index in [1.807, 2.05) is 11.9 Å². The Kier molecular flexibility index (Phi) is 4.46. The average Bonchev–Trinajstić information content (AvgIpc) is 2.74. The van der Waals surface area contributed by atoms with Crippen molar-refractivity contribution in [3.05, 3.63) is 22.7 Å². The highest BCUT2D eigenvalue weighted by atomic mass is 35.5. The minimum Gasteiger partial charge on any atom is -0.503 e. The Bertz CT molecular complexity index is 603. The average molecular weight is 320 g/mol. The molecule has 112 valence electrons. The lowest BCUT2D eigenvalue weighted by molar-refractivity contribution is 0.253. The molecule has 0 saturated carbocycles. The van der Waals surface area contributed by atoms with Gasteiger partial charge in [0.15, 0.2) is 21.3 Å². The molecule has 1 saturated heterocycles. The number of phenolic OH excluding ortho intramolecular Hbond substituents is 1. The lowest BCUT2D eigenvalue weighted by atomic mass is 10.1. The summed E-state index contributed by atoms with van der Waals surface area (Å²) in [6.45, 7) is 0.552. The predicted octanol–water partition coefficient (Wildman–Crippen LogP) is 1.67. The first-order valence-electron chi connectivity index (χ1n) is 6.28. The molecule has 1 aromatic rings. The van der Waals surface area contributed by atoms with Gasteiger partial charge in [0.25, 0.3) is 0 Å². The van der Waals surface area contributed by atoms with Gasteiger partial charge in [-0.2, -0.15) is 0 Å². The fourth-order valence-electron chi connectivity index (χ4n) is 2.41. The first kappa shape index (κ1) is 15.4. The number of halogens is 1. The first-order valence-corrected chi connectivity index (χ1v) is 8.48. The Hall–Kier alpha value is -0.980. The van der Waals surface area contributed by atoms with Crippen LogP contribution in [0.5, 0.6) is 11.5 Å². The van der Waals surface area contributed by atoms with Crippen molar-refractivity contribution in [3.8, 4) is 11.5 Å². The maximum Gasteiger partial charge on any atom is 0.176 e. The van der Waals surface area contributed by atoms with Gasteiger partial charge in [-0.1, -0.05) is 11.6 Å². The monoisotopic (exact) mass is 319 g/mol. The molecule has 0 amide bonds. The number of ether oxygens (including phenoxy) is 1. The first-order chi connectivity index (χ1) is 9.32. The van der Waals surface area contributed by atoms with Crippen LogP contribution in [0, 0.1) is 0 Å². The summed E-state index contributed by atoms with van der Waals surface area (Å²) in [7, 11) is 0.455. The van der Waals surface area contributed by atoms with Crippen LogP contribution in [-0.2, 0) is 16.4 Å². The van der Waals surface area contributed by atoms with Gasteiger partial charge in [0.1, 0.15) is 0 Å². The minimum absolute atomic E-state index is 0.0265. The van der Waals surface area contributed by atoms with Crippen LogP contribution in [-0.4, -0.2) is 50.1 Å². The van der Waals surface area contributed by atoms with E-state index >= 15 is 0 Å². The van der Waals surface area contributed by atoms with Crippen LogP contribution in [0.15, 0.2) is 12.1 Å². The number of nitrogens with zero attached hydrogens (tertiary/aromatic N) is 1. The molecule has 20 heavy (non-hydrogen) atoms. The predicted molar refractivity (Wildman–Crippen MR) is 78.2 cm³/mol. The number of methoxy groups -OCH3 is 1. The number of aromatic hydroxyl groups is 1. The summed E-state index contributed by atoms with van der Waals surface area (Å²) < 4.78 is 28.1. The van der Waals surface area contributed by atoms with E-state index in [1.54, 1.807) is 12.1 Å². The molecule has 0 aliphatic carbocycles. The number of sulfone groups is 1. The molecule has 0 spiro atoms. The Labute approximate surface area is 124 Å². The van der Waals surface area contributed by atoms with E-state index in [1.165, 1.54) is 7.11 Å². The third kappa shape index (κ3) is 3.37. The van der Waals surface area contributed by atoms with Crippen molar-refractivity contribution in [1.29, 1.82) is 0 Å². The van der Waals surface area contributed by atoms with Crippen LogP contribution < -0.4 is 4.74 Å². The maximum absolute atomic E-state index is 11.5. The molecule has 7 heteroatoms. The largest absolute Gasteiger partial charge is 0.503 e. The molecule has 1 heterocycles. The summed E-state index contributed by atoms with van der Waals surface area (Å²) in [5.74, 6) is 0.692. The lowest BCUT2D eigenvalue weighted by Crippen LogP contribution is -2.32. The standard InChI is InChI=1S/C13H18ClNO4S/c1-15(10-3-4-20(17,18)8-10)7-9-5-11(14)13(16)12(6-9)19-2/h5-6,10,16H,3-4,7-8H2,1-2H3. The van der Waals surface area contributed by atoms with Gasteiger partial charge in [0, 0.05) is 12.6 Å². The van der Waals surface area contributed by atoms with Gasteiger partial charge in [0.05, 0.1) is 23.6 Å². The fraction of sp³-hybridized carbons (Fsp3) is 0.538. The van der Waals surface area contributed by atoms with Crippen LogP contribution in [0.25, 0.3) is 0 Å².